The van der Waals surface area contributed by atoms with E-state index in [1.54, 1.807) is 0 Å². The van der Waals surface area contributed by atoms with Crippen LogP contribution in [0.5, 0.6) is 0 Å². The molecule has 0 bridgehead atoms. The van der Waals surface area contributed by atoms with Gasteiger partial charge in [0.05, 0.1) is 0 Å². The molecule has 0 heterocycles. The maximum Gasteiger partial charge on any atom is 0.246 e. The molecular formula is C11H22N2O2. The number of carbonyl (C=O) groups excluding carboxylic acids is 1. The molecule has 4 nitrogen and oxygen atoms in total. The molecule has 0 saturated heterocycles. The van der Waals surface area contributed by atoms with E-state index in [1.165, 1.54) is 0 Å². The summed E-state index contributed by atoms with van der Waals surface area (Å²) in [6, 6.07) is 0.336. The summed E-state index contributed by atoms with van der Waals surface area (Å²) in [6.07, 6.45) is 4.21. The zero-order chi connectivity index (χ0) is 11.1. The van der Waals surface area contributed by atoms with Crippen molar-refractivity contribution in [1.82, 2.24) is 5.32 Å². The van der Waals surface area contributed by atoms with Crippen molar-refractivity contribution in [2.24, 2.45) is 11.7 Å². The van der Waals surface area contributed by atoms with E-state index in [-0.39, 0.29) is 12.5 Å². The molecule has 2 atom stereocenters. The predicted molar refractivity (Wildman–Crippen MR) is 59.4 cm³/mol. The Balaban J connectivity index is 2.01. The fourth-order valence-electron chi connectivity index (χ4n) is 1.92. The van der Waals surface area contributed by atoms with Crippen molar-refractivity contribution < 1.29 is 9.53 Å². The minimum absolute atomic E-state index is 0.0103. The highest BCUT2D eigenvalue weighted by Crippen LogP contribution is 2.22. The maximum absolute atomic E-state index is 11.3. The molecule has 4 heteroatoms. The highest BCUT2D eigenvalue weighted by Gasteiger charge is 2.21. The van der Waals surface area contributed by atoms with Crippen LogP contribution in [0.3, 0.4) is 0 Å². The van der Waals surface area contributed by atoms with Gasteiger partial charge in [-0.05, 0) is 31.6 Å². The molecule has 0 aromatic heterocycles. The van der Waals surface area contributed by atoms with Gasteiger partial charge < -0.3 is 15.8 Å². The molecular weight excluding hydrogens is 192 g/mol. The summed E-state index contributed by atoms with van der Waals surface area (Å²) in [5, 5.41) is 2.88. The number of carbonyl (C=O) groups is 1. The highest BCUT2D eigenvalue weighted by molar-refractivity contribution is 5.77. The van der Waals surface area contributed by atoms with E-state index in [0.717, 1.165) is 32.2 Å². The van der Waals surface area contributed by atoms with Gasteiger partial charge in [-0.25, -0.2) is 0 Å². The van der Waals surface area contributed by atoms with Crippen molar-refractivity contribution in [1.29, 1.82) is 0 Å². The van der Waals surface area contributed by atoms with E-state index in [4.69, 9.17) is 10.5 Å². The summed E-state index contributed by atoms with van der Waals surface area (Å²) in [5.74, 6) is 0.555. The number of hydrogen-bond acceptors (Lipinski definition) is 3. The Labute approximate surface area is 91.5 Å². The van der Waals surface area contributed by atoms with E-state index in [1.807, 2.05) is 6.92 Å². The van der Waals surface area contributed by atoms with Gasteiger partial charge in [0, 0.05) is 19.2 Å². The van der Waals surface area contributed by atoms with Gasteiger partial charge in [-0.1, -0.05) is 6.92 Å². The number of rotatable bonds is 6. The Morgan fingerprint density at radius 3 is 2.93 bits per heavy atom. The summed E-state index contributed by atoms with van der Waals surface area (Å²) < 4.78 is 5.14. The first kappa shape index (κ1) is 12.5. The van der Waals surface area contributed by atoms with E-state index < -0.39 is 0 Å². The molecule has 0 radical (unpaired) electrons. The number of hydrogen-bond donors (Lipinski definition) is 2. The van der Waals surface area contributed by atoms with E-state index in [9.17, 15) is 4.79 Å². The Hall–Kier alpha value is -0.610. The first-order valence-corrected chi connectivity index (χ1v) is 5.82. The van der Waals surface area contributed by atoms with Crippen molar-refractivity contribution in [3.05, 3.63) is 0 Å². The normalized spacial score (nSPS) is 25.5. The fourth-order valence-corrected chi connectivity index (χ4v) is 1.92. The molecule has 1 aliphatic carbocycles. The van der Waals surface area contributed by atoms with Crippen LogP contribution >= 0.6 is 0 Å². The van der Waals surface area contributed by atoms with Crippen LogP contribution in [0.1, 0.15) is 32.6 Å². The van der Waals surface area contributed by atoms with Crippen molar-refractivity contribution >= 4 is 5.91 Å². The number of nitrogens with two attached hydrogens (primary N) is 1. The third kappa shape index (κ3) is 5.14. The van der Waals surface area contributed by atoms with Crippen LogP contribution in [-0.4, -0.2) is 31.7 Å². The molecule has 1 saturated carbocycles. The van der Waals surface area contributed by atoms with Crippen LogP contribution in [0.2, 0.25) is 0 Å². The maximum atomic E-state index is 11.3. The number of amides is 1. The second kappa shape index (κ2) is 6.80. The number of nitrogens with one attached hydrogen (secondary N) is 1. The third-order valence-corrected chi connectivity index (χ3v) is 2.75. The van der Waals surface area contributed by atoms with Crippen LogP contribution in [0.4, 0.5) is 0 Å². The van der Waals surface area contributed by atoms with Gasteiger partial charge in [-0.2, -0.15) is 0 Å². The summed E-state index contributed by atoms with van der Waals surface area (Å²) >= 11 is 0. The Bertz CT molecular complexity index is 197. The van der Waals surface area contributed by atoms with Gasteiger partial charge in [0.25, 0.3) is 0 Å². The molecule has 1 amide bonds. The third-order valence-electron chi connectivity index (χ3n) is 2.75. The molecule has 1 fully saturated rings. The summed E-state index contributed by atoms with van der Waals surface area (Å²) in [4.78, 5) is 11.3. The lowest BCUT2D eigenvalue weighted by Gasteiger charge is -2.11. The van der Waals surface area contributed by atoms with Crippen molar-refractivity contribution in [2.75, 3.05) is 19.8 Å². The van der Waals surface area contributed by atoms with Crippen LogP contribution in [0, 0.1) is 5.92 Å². The van der Waals surface area contributed by atoms with Crippen LogP contribution in [-0.2, 0) is 9.53 Å². The van der Waals surface area contributed by atoms with Crippen molar-refractivity contribution in [3.63, 3.8) is 0 Å². The summed E-state index contributed by atoms with van der Waals surface area (Å²) in [7, 11) is 0. The molecule has 2 unspecified atom stereocenters. The molecule has 88 valence electrons. The van der Waals surface area contributed by atoms with Gasteiger partial charge in [0.15, 0.2) is 0 Å². The van der Waals surface area contributed by atoms with E-state index in [0.29, 0.717) is 18.6 Å². The molecule has 1 rings (SSSR count). The molecule has 3 N–H and O–H groups in total. The zero-order valence-electron chi connectivity index (χ0n) is 9.50. The Morgan fingerprint density at radius 1 is 1.53 bits per heavy atom. The molecule has 0 spiro atoms. The zero-order valence-corrected chi connectivity index (χ0v) is 9.50. The first-order valence-electron chi connectivity index (χ1n) is 5.82. The smallest absolute Gasteiger partial charge is 0.246 e. The van der Waals surface area contributed by atoms with Crippen molar-refractivity contribution in [3.8, 4) is 0 Å². The molecule has 0 aromatic rings. The van der Waals surface area contributed by atoms with E-state index in [2.05, 4.69) is 5.32 Å². The molecule has 15 heavy (non-hydrogen) atoms. The lowest BCUT2D eigenvalue weighted by atomic mass is 10.1. The monoisotopic (exact) mass is 214 g/mol. The standard InChI is InChI=1S/C11H22N2O2/c1-2-5-15-8-11(14)13-7-9-3-4-10(12)6-9/h9-10H,2-8,12H2,1H3,(H,13,14). The average Bonchev–Trinajstić information content (AvgIpc) is 2.62. The molecule has 0 aromatic carbocycles. The predicted octanol–water partition coefficient (Wildman–Crippen LogP) is 0.657. The van der Waals surface area contributed by atoms with Crippen LogP contribution in [0.15, 0.2) is 0 Å². The van der Waals surface area contributed by atoms with Crippen molar-refractivity contribution in [2.45, 2.75) is 38.6 Å². The first-order chi connectivity index (χ1) is 7.22. The summed E-state index contributed by atoms with van der Waals surface area (Å²) in [5.41, 5.74) is 5.79. The average molecular weight is 214 g/mol. The van der Waals surface area contributed by atoms with Crippen LogP contribution in [0.25, 0.3) is 0 Å². The van der Waals surface area contributed by atoms with Gasteiger partial charge in [0.2, 0.25) is 5.91 Å². The van der Waals surface area contributed by atoms with Gasteiger partial charge >= 0.3 is 0 Å². The largest absolute Gasteiger partial charge is 0.372 e. The SMILES string of the molecule is CCCOCC(=O)NCC1CCC(N)C1. The Morgan fingerprint density at radius 2 is 2.33 bits per heavy atom. The second-order valence-electron chi connectivity index (χ2n) is 4.30. The minimum Gasteiger partial charge on any atom is -0.372 e. The topological polar surface area (TPSA) is 64.3 Å². The summed E-state index contributed by atoms with van der Waals surface area (Å²) in [6.45, 7) is 3.62. The van der Waals surface area contributed by atoms with Gasteiger partial charge in [0.1, 0.15) is 6.61 Å². The molecule has 0 aliphatic heterocycles. The highest BCUT2D eigenvalue weighted by atomic mass is 16.5. The van der Waals surface area contributed by atoms with E-state index >= 15 is 0 Å². The van der Waals surface area contributed by atoms with Crippen LogP contribution < -0.4 is 11.1 Å². The lowest BCUT2D eigenvalue weighted by molar-refractivity contribution is -0.125. The molecule has 1 aliphatic rings. The number of ether oxygens (including phenoxy) is 1. The Kier molecular flexibility index (Phi) is 5.65. The van der Waals surface area contributed by atoms with Gasteiger partial charge in [-0.15, -0.1) is 0 Å². The second-order valence-corrected chi connectivity index (χ2v) is 4.30. The lowest BCUT2D eigenvalue weighted by Crippen LogP contribution is -2.32. The van der Waals surface area contributed by atoms with Gasteiger partial charge in [-0.3, -0.25) is 4.79 Å². The quantitative estimate of drug-likeness (QED) is 0.638. The minimum atomic E-state index is -0.0103. The fraction of sp³-hybridized carbons (Fsp3) is 0.909.